The van der Waals surface area contributed by atoms with Gasteiger partial charge in [0.15, 0.2) is 0 Å². The Labute approximate surface area is 165 Å². The third-order valence-electron chi connectivity index (χ3n) is 4.93. The van der Waals surface area contributed by atoms with Gasteiger partial charge in [-0.15, -0.1) is 0 Å². The highest BCUT2D eigenvalue weighted by Gasteiger charge is 2.34. The second-order valence-corrected chi connectivity index (χ2v) is 6.88. The van der Waals surface area contributed by atoms with Crippen molar-refractivity contribution in [1.82, 2.24) is 9.47 Å². The molecule has 0 bridgehead atoms. The molecule has 0 aliphatic carbocycles. The zero-order valence-electron chi connectivity index (χ0n) is 15.8. The topological polar surface area (TPSA) is 62.5 Å². The van der Waals surface area contributed by atoms with Crippen LogP contribution < -0.4 is 5.56 Å². The van der Waals surface area contributed by atoms with Crippen LogP contribution in [0.5, 0.6) is 0 Å². The van der Waals surface area contributed by atoms with Gasteiger partial charge >= 0.3 is 6.18 Å². The van der Waals surface area contributed by atoms with Crippen molar-refractivity contribution in [3.8, 4) is 0 Å². The Morgan fingerprint density at radius 1 is 1.17 bits per heavy atom. The second kappa shape index (κ2) is 9.69. The number of hydrogen-bond donors (Lipinski definition) is 1. The van der Waals surface area contributed by atoms with Crippen molar-refractivity contribution < 1.29 is 27.5 Å². The van der Waals surface area contributed by atoms with E-state index in [9.17, 15) is 22.4 Å². The second-order valence-electron chi connectivity index (χ2n) is 6.88. The van der Waals surface area contributed by atoms with E-state index in [2.05, 4.69) is 4.90 Å². The van der Waals surface area contributed by atoms with E-state index in [0.29, 0.717) is 18.0 Å². The molecule has 1 fully saturated rings. The summed E-state index contributed by atoms with van der Waals surface area (Å²) in [7, 11) is 1.71. The molecule has 1 N–H and O–H groups in total. The highest BCUT2D eigenvalue weighted by atomic mass is 19.4. The van der Waals surface area contributed by atoms with E-state index in [0.717, 1.165) is 43.6 Å². The first kappa shape index (κ1) is 22.6. The van der Waals surface area contributed by atoms with Crippen molar-refractivity contribution in [1.29, 1.82) is 0 Å². The average Bonchev–Trinajstić information content (AvgIpc) is 2.64. The van der Waals surface area contributed by atoms with Crippen molar-refractivity contribution in [3.05, 3.63) is 69.4 Å². The molecule has 29 heavy (non-hydrogen) atoms. The summed E-state index contributed by atoms with van der Waals surface area (Å²) in [4.78, 5) is 22.2. The number of hydrogen-bond acceptors (Lipinski definition) is 3. The van der Waals surface area contributed by atoms with Crippen LogP contribution in [0, 0.1) is 5.82 Å². The average molecular weight is 414 g/mol. The molecule has 1 aromatic heterocycles. The number of rotatable bonds is 3. The van der Waals surface area contributed by atoms with Gasteiger partial charge in [0.2, 0.25) is 0 Å². The number of nitrogens with zero attached hydrogens (tertiary/aromatic N) is 2. The summed E-state index contributed by atoms with van der Waals surface area (Å²) in [5, 5.41) is 6.89. The molecule has 0 saturated carbocycles. The van der Waals surface area contributed by atoms with Crippen LogP contribution in [-0.2, 0) is 24.6 Å². The summed E-state index contributed by atoms with van der Waals surface area (Å²) < 4.78 is 53.1. The number of carboxylic acid groups (broad SMARTS) is 1. The van der Waals surface area contributed by atoms with E-state index in [1.165, 1.54) is 10.6 Å². The molecule has 0 spiro atoms. The number of aromatic nitrogens is 1. The van der Waals surface area contributed by atoms with Gasteiger partial charge < -0.3 is 9.67 Å². The summed E-state index contributed by atoms with van der Waals surface area (Å²) in [6.07, 6.45) is -1.20. The van der Waals surface area contributed by atoms with Gasteiger partial charge in [-0.2, -0.15) is 13.2 Å². The molecule has 1 aliphatic heterocycles. The Morgan fingerprint density at radius 3 is 2.31 bits per heavy atom. The third kappa shape index (κ3) is 6.15. The minimum Gasteiger partial charge on any atom is -0.483 e. The van der Waals surface area contributed by atoms with E-state index in [4.69, 9.17) is 9.90 Å². The summed E-state index contributed by atoms with van der Waals surface area (Å²) in [5.74, 6) is -0.936. The molecule has 0 unspecified atom stereocenters. The maximum atomic E-state index is 13.7. The Kier molecular flexibility index (Phi) is 7.55. The highest BCUT2D eigenvalue weighted by Crippen LogP contribution is 2.32. The SMILES string of the molecule is Cn1ccc(C2CCN(Cc3ccc(C(F)(F)F)c(F)c3)CC2)cc1=O.O=CO. The van der Waals surface area contributed by atoms with Gasteiger partial charge in [-0.3, -0.25) is 14.5 Å². The molecule has 1 saturated heterocycles. The molecule has 0 radical (unpaired) electrons. The van der Waals surface area contributed by atoms with Crippen LogP contribution in [0.4, 0.5) is 17.6 Å². The molecule has 5 nitrogen and oxygen atoms in total. The van der Waals surface area contributed by atoms with Crippen LogP contribution >= 0.6 is 0 Å². The van der Waals surface area contributed by atoms with Gasteiger partial charge in [0.05, 0.1) is 5.56 Å². The quantitative estimate of drug-likeness (QED) is 0.616. The van der Waals surface area contributed by atoms with Gasteiger partial charge in [0.25, 0.3) is 12.0 Å². The molecule has 2 aromatic rings. The molecule has 9 heteroatoms. The number of aryl methyl sites for hydroxylation is 1. The predicted octanol–water partition coefficient (Wildman–Crippen LogP) is 3.62. The van der Waals surface area contributed by atoms with Crippen LogP contribution in [-0.4, -0.2) is 34.1 Å². The Bertz CT molecular complexity index is 888. The minimum atomic E-state index is -4.67. The fourth-order valence-electron chi connectivity index (χ4n) is 3.39. The largest absolute Gasteiger partial charge is 0.483 e. The van der Waals surface area contributed by atoms with Crippen LogP contribution in [0.2, 0.25) is 0 Å². The highest BCUT2D eigenvalue weighted by molar-refractivity contribution is 5.32. The fourth-order valence-corrected chi connectivity index (χ4v) is 3.39. The van der Waals surface area contributed by atoms with Gasteiger partial charge in [-0.05, 0) is 61.2 Å². The lowest BCUT2D eigenvalue weighted by Gasteiger charge is -2.32. The van der Waals surface area contributed by atoms with Gasteiger partial charge in [0.1, 0.15) is 5.82 Å². The lowest BCUT2D eigenvalue weighted by molar-refractivity contribution is -0.140. The lowest BCUT2D eigenvalue weighted by Crippen LogP contribution is -2.33. The number of halogens is 4. The monoisotopic (exact) mass is 414 g/mol. The predicted molar refractivity (Wildman–Crippen MR) is 99.0 cm³/mol. The Balaban J connectivity index is 0.000000941. The number of likely N-dealkylation sites (tertiary alicyclic amines) is 1. The fraction of sp³-hybridized carbons (Fsp3) is 0.400. The van der Waals surface area contributed by atoms with Gasteiger partial charge in [-0.25, -0.2) is 4.39 Å². The van der Waals surface area contributed by atoms with E-state index in [-0.39, 0.29) is 12.0 Å². The summed E-state index contributed by atoms with van der Waals surface area (Å²) in [6, 6.07) is 6.71. The number of piperidine rings is 1. The van der Waals surface area contributed by atoms with E-state index >= 15 is 0 Å². The zero-order valence-corrected chi connectivity index (χ0v) is 15.8. The normalized spacial score (nSPS) is 15.5. The maximum Gasteiger partial charge on any atom is 0.419 e. The number of carbonyl (C=O) groups is 1. The molecule has 2 heterocycles. The van der Waals surface area contributed by atoms with E-state index in [1.807, 2.05) is 6.07 Å². The van der Waals surface area contributed by atoms with Crippen LogP contribution in [0.3, 0.4) is 0 Å². The lowest BCUT2D eigenvalue weighted by atomic mass is 9.90. The summed E-state index contributed by atoms with van der Waals surface area (Å²) in [6.45, 7) is 1.67. The number of pyridine rings is 1. The third-order valence-corrected chi connectivity index (χ3v) is 4.93. The molecule has 3 rings (SSSR count). The minimum absolute atomic E-state index is 0.0369. The van der Waals surface area contributed by atoms with Crippen LogP contribution in [0.15, 0.2) is 41.3 Å². The first-order valence-electron chi connectivity index (χ1n) is 8.98. The number of alkyl halides is 3. The number of benzene rings is 1. The molecule has 1 aromatic carbocycles. The van der Waals surface area contributed by atoms with Crippen LogP contribution in [0.25, 0.3) is 0 Å². The maximum absolute atomic E-state index is 13.7. The molecule has 0 atom stereocenters. The summed E-state index contributed by atoms with van der Waals surface area (Å²) in [5.41, 5.74) is 0.284. The molecule has 0 amide bonds. The molecular formula is C20H22F4N2O3. The molecule has 158 valence electrons. The summed E-state index contributed by atoms with van der Waals surface area (Å²) >= 11 is 0. The standard InChI is InChI=1S/C19H20F4N2O.CH2O2/c1-24-7-4-15(11-18(24)26)14-5-8-25(9-6-14)12-13-2-3-16(17(20)10-13)19(21,22)23;2-1-3/h2-4,7,10-11,14H,5-6,8-9,12H2,1H3;1H,(H,2,3). The smallest absolute Gasteiger partial charge is 0.419 e. The van der Waals surface area contributed by atoms with E-state index < -0.39 is 17.6 Å². The van der Waals surface area contributed by atoms with Gasteiger partial charge in [-0.1, -0.05) is 6.07 Å². The molecule has 1 aliphatic rings. The first-order valence-corrected chi connectivity index (χ1v) is 8.98. The van der Waals surface area contributed by atoms with Crippen molar-refractivity contribution in [3.63, 3.8) is 0 Å². The van der Waals surface area contributed by atoms with Crippen LogP contribution in [0.1, 0.15) is 35.4 Å². The Morgan fingerprint density at radius 2 is 1.79 bits per heavy atom. The zero-order chi connectivity index (χ0) is 21.6. The van der Waals surface area contributed by atoms with Crippen molar-refractivity contribution in [2.75, 3.05) is 13.1 Å². The van der Waals surface area contributed by atoms with Gasteiger partial charge in [0, 0.05) is 25.9 Å². The Hall–Kier alpha value is -2.68. The molecular weight excluding hydrogens is 392 g/mol. The first-order chi connectivity index (χ1) is 13.7. The van der Waals surface area contributed by atoms with Crippen molar-refractivity contribution in [2.45, 2.75) is 31.5 Å². The van der Waals surface area contributed by atoms with Crippen molar-refractivity contribution >= 4 is 6.47 Å². The van der Waals surface area contributed by atoms with Crippen molar-refractivity contribution in [2.24, 2.45) is 7.05 Å². The van der Waals surface area contributed by atoms with E-state index in [1.54, 1.807) is 19.3 Å².